The molecule has 164 valence electrons. The monoisotopic (exact) mass is 442 g/mol. The number of hydrogen-bond acceptors (Lipinski definition) is 4. The van der Waals surface area contributed by atoms with Crippen LogP contribution in [0.4, 0.5) is 10.5 Å². The number of carbonyl (C=O) groups excluding carboxylic acids is 2. The quantitative estimate of drug-likeness (QED) is 0.690. The van der Waals surface area contributed by atoms with E-state index in [4.69, 9.17) is 16.0 Å². The molecule has 4 heterocycles. The molecule has 1 unspecified atom stereocenters. The molecule has 7 nitrogen and oxygen atoms in total. The van der Waals surface area contributed by atoms with Crippen molar-refractivity contribution in [3.8, 4) is 0 Å². The number of piperazine rings is 1. The number of benzene rings is 1. The van der Waals surface area contributed by atoms with Crippen LogP contribution in [0, 0.1) is 0 Å². The van der Waals surface area contributed by atoms with E-state index in [1.54, 1.807) is 6.07 Å². The molecule has 2 N–H and O–H groups in total. The van der Waals surface area contributed by atoms with Gasteiger partial charge in [-0.1, -0.05) is 30.9 Å². The van der Waals surface area contributed by atoms with Gasteiger partial charge in [0.25, 0.3) is 5.91 Å². The van der Waals surface area contributed by atoms with Gasteiger partial charge in [-0.15, -0.1) is 0 Å². The molecule has 3 fully saturated rings. The molecule has 2 saturated heterocycles. The highest BCUT2D eigenvalue weighted by Gasteiger charge is 2.44. The molecule has 1 aliphatic carbocycles. The zero-order chi connectivity index (χ0) is 21.2. The minimum absolute atomic E-state index is 0.0573. The number of fused-ring (bicyclic) bond motifs is 5. The maximum atomic E-state index is 13.3. The number of urea groups is 1. The van der Waals surface area contributed by atoms with Crippen LogP contribution >= 0.6 is 11.6 Å². The van der Waals surface area contributed by atoms with Crippen molar-refractivity contribution < 1.29 is 14.0 Å². The lowest BCUT2D eigenvalue weighted by Crippen LogP contribution is -2.52. The van der Waals surface area contributed by atoms with E-state index in [-0.39, 0.29) is 11.9 Å². The molecular weight excluding hydrogens is 416 g/mol. The topological polar surface area (TPSA) is 77.8 Å². The van der Waals surface area contributed by atoms with Crippen molar-refractivity contribution in [1.29, 1.82) is 0 Å². The Hall–Kier alpha value is -2.25. The van der Waals surface area contributed by atoms with E-state index in [0.717, 1.165) is 75.7 Å². The fourth-order valence-electron chi connectivity index (χ4n) is 6.12. The third-order valence-electron chi connectivity index (χ3n) is 7.62. The average Bonchev–Trinajstić information content (AvgIpc) is 3.40. The Morgan fingerprint density at radius 1 is 1.13 bits per heavy atom. The van der Waals surface area contributed by atoms with Gasteiger partial charge in [-0.05, 0) is 44.4 Å². The number of furan rings is 1. The lowest BCUT2D eigenvalue weighted by atomic mass is 9.74. The average molecular weight is 443 g/mol. The first kappa shape index (κ1) is 19.4. The molecule has 1 atom stereocenters. The van der Waals surface area contributed by atoms with Crippen LogP contribution in [0.1, 0.15) is 61.1 Å². The standard InChI is InChI=1S/C23H27ClN4O3/c24-16-11-14-12-17(21(29)28-10-9-27-8-4-5-15(27)13-28)31-20(14)18-19(16)25-22(30)26-23(18)6-2-1-3-7-23/h11-12,15H,1-10,13H2,(H2,25,26,30). The zero-order valence-electron chi connectivity index (χ0n) is 17.5. The van der Waals surface area contributed by atoms with Crippen molar-refractivity contribution in [3.05, 3.63) is 28.5 Å². The Morgan fingerprint density at radius 3 is 2.81 bits per heavy atom. The van der Waals surface area contributed by atoms with Crippen LogP contribution in [0.3, 0.4) is 0 Å². The molecule has 1 spiro atoms. The van der Waals surface area contributed by atoms with Crippen molar-refractivity contribution >= 4 is 40.2 Å². The Balaban J connectivity index is 1.41. The van der Waals surface area contributed by atoms with E-state index in [2.05, 4.69) is 15.5 Å². The highest BCUT2D eigenvalue weighted by atomic mass is 35.5. The molecule has 8 heteroatoms. The number of nitrogens with one attached hydrogen (secondary N) is 2. The highest BCUT2D eigenvalue weighted by molar-refractivity contribution is 6.35. The molecule has 1 aromatic heterocycles. The predicted molar refractivity (Wildman–Crippen MR) is 119 cm³/mol. The van der Waals surface area contributed by atoms with Gasteiger partial charge in [-0.3, -0.25) is 9.69 Å². The Kier molecular flexibility index (Phi) is 4.47. The van der Waals surface area contributed by atoms with Crippen molar-refractivity contribution in [2.45, 2.75) is 56.5 Å². The van der Waals surface area contributed by atoms with E-state index in [0.29, 0.717) is 28.1 Å². The van der Waals surface area contributed by atoms with Crippen LogP contribution in [0.15, 0.2) is 16.5 Å². The molecule has 3 aliphatic heterocycles. The molecule has 2 aromatic rings. The van der Waals surface area contributed by atoms with Gasteiger partial charge in [0.1, 0.15) is 5.58 Å². The largest absolute Gasteiger partial charge is 0.450 e. The Bertz CT molecular complexity index is 1070. The second-order valence-electron chi connectivity index (χ2n) is 9.44. The number of rotatable bonds is 1. The number of halogens is 1. The van der Waals surface area contributed by atoms with Gasteiger partial charge >= 0.3 is 6.03 Å². The number of hydrogen-bond donors (Lipinski definition) is 2. The molecule has 31 heavy (non-hydrogen) atoms. The molecule has 1 saturated carbocycles. The predicted octanol–water partition coefficient (Wildman–Crippen LogP) is 4.30. The summed E-state index contributed by atoms with van der Waals surface area (Å²) < 4.78 is 6.26. The number of anilines is 1. The lowest BCUT2D eigenvalue weighted by molar-refractivity contribution is 0.0543. The molecule has 6 rings (SSSR count). The minimum atomic E-state index is -0.493. The van der Waals surface area contributed by atoms with Crippen LogP contribution in [-0.2, 0) is 5.54 Å². The van der Waals surface area contributed by atoms with Gasteiger partial charge in [-0.2, -0.15) is 0 Å². The van der Waals surface area contributed by atoms with Crippen LogP contribution in [0.25, 0.3) is 11.0 Å². The Morgan fingerprint density at radius 2 is 1.97 bits per heavy atom. The fourth-order valence-corrected chi connectivity index (χ4v) is 6.38. The third-order valence-corrected chi connectivity index (χ3v) is 7.92. The number of carbonyl (C=O) groups is 2. The minimum Gasteiger partial charge on any atom is -0.450 e. The van der Waals surface area contributed by atoms with E-state index < -0.39 is 5.54 Å². The highest BCUT2D eigenvalue weighted by Crippen LogP contribution is 2.49. The normalized spacial score (nSPS) is 25.3. The van der Waals surface area contributed by atoms with Crippen LogP contribution in [0.2, 0.25) is 5.02 Å². The summed E-state index contributed by atoms with van der Waals surface area (Å²) in [5, 5.41) is 7.34. The summed E-state index contributed by atoms with van der Waals surface area (Å²) in [6.07, 6.45) is 7.27. The molecule has 1 aromatic carbocycles. The SMILES string of the molecule is O=C1Nc2c(Cl)cc3cc(C(=O)N4CCN5CCCC5C4)oc3c2C2(CCCCC2)N1. The summed E-state index contributed by atoms with van der Waals surface area (Å²) in [5.74, 6) is 0.298. The van der Waals surface area contributed by atoms with Crippen molar-refractivity contribution in [2.24, 2.45) is 0 Å². The van der Waals surface area contributed by atoms with Gasteiger partial charge in [-0.25, -0.2) is 4.79 Å². The Labute approximate surface area is 186 Å². The number of amides is 3. The summed E-state index contributed by atoms with van der Waals surface area (Å²) in [5.41, 5.74) is 1.69. The maximum Gasteiger partial charge on any atom is 0.319 e. The maximum absolute atomic E-state index is 13.3. The van der Waals surface area contributed by atoms with Gasteiger partial charge < -0.3 is 20.0 Å². The molecule has 0 radical (unpaired) electrons. The summed E-state index contributed by atoms with van der Waals surface area (Å²) in [6.45, 7) is 3.56. The van der Waals surface area contributed by atoms with Crippen LogP contribution < -0.4 is 10.6 Å². The summed E-state index contributed by atoms with van der Waals surface area (Å²) in [4.78, 5) is 30.2. The molecular formula is C23H27ClN4O3. The van der Waals surface area contributed by atoms with Gasteiger partial charge in [0.15, 0.2) is 5.76 Å². The van der Waals surface area contributed by atoms with Crippen molar-refractivity contribution in [3.63, 3.8) is 0 Å². The smallest absolute Gasteiger partial charge is 0.319 e. The number of nitrogens with zero attached hydrogens (tertiary/aromatic N) is 2. The van der Waals surface area contributed by atoms with Gasteiger partial charge in [0.2, 0.25) is 0 Å². The third kappa shape index (κ3) is 3.04. The van der Waals surface area contributed by atoms with Crippen LogP contribution in [0.5, 0.6) is 0 Å². The molecule has 0 bridgehead atoms. The molecule has 3 amide bonds. The van der Waals surface area contributed by atoms with Gasteiger partial charge in [0.05, 0.1) is 16.2 Å². The molecule has 4 aliphatic rings. The van der Waals surface area contributed by atoms with E-state index in [1.165, 1.54) is 6.42 Å². The summed E-state index contributed by atoms with van der Waals surface area (Å²) in [6, 6.07) is 3.85. The lowest BCUT2D eigenvalue weighted by Gasteiger charge is -2.42. The second kappa shape index (κ2) is 7.14. The van der Waals surface area contributed by atoms with Crippen molar-refractivity contribution in [1.82, 2.24) is 15.1 Å². The first-order chi connectivity index (χ1) is 15.0. The first-order valence-corrected chi connectivity index (χ1v) is 11.8. The summed E-state index contributed by atoms with van der Waals surface area (Å²) >= 11 is 6.60. The van der Waals surface area contributed by atoms with E-state index >= 15 is 0 Å². The zero-order valence-corrected chi connectivity index (χ0v) is 18.3. The second-order valence-corrected chi connectivity index (χ2v) is 9.85. The van der Waals surface area contributed by atoms with E-state index in [9.17, 15) is 9.59 Å². The van der Waals surface area contributed by atoms with E-state index in [1.807, 2.05) is 11.0 Å². The summed E-state index contributed by atoms with van der Waals surface area (Å²) in [7, 11) is 0. The van der Waals surface area contributed by atoms with Crippen LogP contribution in [-0.4, -0.2) is 54.0 Å². The fraction of sp³-hybridized carbons (Fsp3) is 0.565. The van der Waals surface area contributed by atoms with Gasteiger partial charge in [0, 0.05) is 36.6 Å². The first-order valence-electron chi connectivity index (χ1n) is 11.4. The van der Waals surface area contributed by atoms with Crippen molar-refractivity contribution in [2.75, 3.05) is 31.5 Å².